The summed E-state index contributed by atoms with van der Waals surface area (Å²) in [6.45, 7) is 7.58. The van der Waals surface area contributed by atoms with E-state index in [1.54, 1.807) is 0 Å². The van der Waals surface area contributed by atoms with Gasteiger partial charge >= 0.3 is 0 Å². The van der Waals surface area contributed by atoms with Gasteiger partial charge in [0, 0.05) is 0 Å². The largest absolute Gasteiger partial charge is 0.394 e. The topological polar surface area (TPSA) is 29.5 Å². The third kappa shape index (κ3) is 1.91. The monoisotopic (exact) mass is 154 g/mol. The molecule has 0 aromatic carbocycles. The van der Waals surface area contributed by atoms with Crippen LogP contribution in [0.5, 0.6) is 0 Å². The van der Waals surface area contributed by atoms with E-state index in [0.717, 1.165) is 18.4 Å². The van der Waals surface area contributed by atoms with E-state index < -0.39 is 0 Å². The molecule has 1 saturated heterocycles. The van der Waals surface area contributed by atoms with Gasteiger partial charge in [-0.3, -0.25) is 0 Å². The molecule has 0 unspecified atom stereocenters. The van der Waals surface area contributed by atoms with E-state index in [0.29, 0.717) is 0 Å². The summed E-state index contributed by atoms with van der Waals surface area (Å²) in [5, 5.41) is 8.78. The predicted molar refractivity (Wildman–Crippen MR) is 44.3 cm³/mol. The third-order valence-electron chi connectivity index (χ3n) is 1.89. The van der Waals surface area contributed by atoms with Crippen molar-refractivity contribution in [2.75, 3.05) is 6.61 Å². The molecule has 0 spiro atoms. The van der Waals surface area contributed by atoms with Crippen molar-refractivity contribution in [3.05, 3.63) is 24.8 Å². The molecule has 1 aliphatic heterocycles. The lowest BCUT2D eigenvalue weighted by Crippen LogP contribution is -2.13. The number of rotatable bonds is 3. The average Bonchev–Trinajstić information content (AvgIpc) is 2.33. The maximum absolute atomic E-state index is 8.78. The van der Waals surface area contributed by atoms with Gasteiger partial charge in [0.2, 0.25) is 0 Å². The Morgan fingerprint density at radius 2 is 2.45 bits per heavy atom. The van der Waals surface area contributed by atoms with Gasteiger partial charge in [-0.1, -0.05) is 12.7 Å². The summed E-state index contributed by atoms with van der Waals surface area (Å²) in [6.07, 6.45) is 3.46. The van der Waals surface area contributed by atoms with Crippen molar-refractivity contribution in [3.63, 3.8) is 0 Å². The summed E-state index contributed by atoms with van der Waals surface area (Å²) in [4.78, 5) is 0. The van der Waals surface area contributed by atoms with Crippen molar-refractivity contribution in [2.24, 2.45) is 0 Å². The molecule has 0 radical (unpaired) electrons. The molecule has 1 N–H and O–H groups in total. The van der Waals surface area contributed by atoms with Crippen LogP contribution in [0.25, 0.3) is 0 Å². The summed E-state index contributed by atoms with van der Waals surface area (Å²) < 4.78 is 5.44. The van der Waals surface area contributed by atoms with E-state index in [-0.39, 0.29) is 18.8 Å². The molecule has 0 bridgehead atoms. The standard InChI is InChI=1S/C9H14O2/c1-3-4-9-7(2)5-8(6-10)11-9/h3,8-10H,1-2,4-6H2/t8-,9+/m1/s1. The molecular weight excluding hydrogens is 140 g/mol. The summed E-state index contributed by atoms with van der Waals surface area (Å²) in [5.74, 6) is 0. The first-order valence-electron chi connectivity index (χ1n) is 3.82. The van der Waals surface area contributed by atoms with Crippen LogP contribution in [-0.2, 0) is 4.74 Å². The molecule has 0 saturated carbocycles. The zero-order chi connectivity index (χ0) is 8.27. The first-order chi connectivity index (χ1) is 5.27. The predicted octanol–water partition coefficient (Wildman–Crippen LogP) is 1.27. The molecule has 2 heteroatoms. The third-order valence-corrected chi connectivity index (χ3v) is 1.89. The van der Waals surface area contributed by atoms with Crippen LogP contribution in [0, 0.1) is 0 Å². The van der Waals surface area contributed by atoms with E-state index >= 15 is 0 Å². The van der Waals surface area contributed by atoms with Crippen LogP contribution in [0.15, 0.2) is 24.8 Å². The fourth-order valence-electron chi connectivity index (χ4n) is 1.28. The molecule has 0 aromatic heterocycles. The maximum atomic E-state index is 8.78. The van der Waals surface area contributed by atoms with Gasteiger partial charge in [0.05, 0.1) is 18.8 Å². The van der Waals surface area contributed by atoms with Crippen LogP contribution in [0.2, 0.25) is 0 Å². The van der Waals surface area contributed by atoms with Crippen molar-refractivity contribution in [1.29, 1.82) is 0 Å². The molecule has 0 aliphatic carbocycles. The number of aliphatic hydroxyl groups excluding tert-OH is 1. The second-order valence-corrected chi connectivity index (χ2v) is 2.82. The van der Waals surface area contributed by atoms with Crippen molar-refractivity contribution in [1.82, 2.24) is 0 Å². The highest BCUT2D eigenvalue weighted by atomic mass is 16.5. The second kappa shape index (κ2) is 3.69. The minimum Gasteiger partial charge on any atom is -0.394 e. The van der Waals surface area contributed by atoms with Crippen LogP contribution in [0.4, 0.5) is 0 Å². The van der Waals surface area contributed by atoms with Crippen molar-refractivity contribution in [3.8, 4) is 0 Å². The number of aliphatic hydroxyl groups is 1. The lowest BCUT2D eigenvalue weighted by molar-refractivity contribution is 0.0178. The zero-order valence-corrected chi connectivity index (χ0v) is 6.62. The van der Waals surface area contributed by atoms with Crippen LogP contribution in [-0.4, -0.2) is 23.9 Å². The molecule has 1 rings (SSSR count). The highest BCUT2D eigenvalue weighted by Crippen LogP contribution is 2.26. The zero-order valence-electron chi connectivity index (χ0n) is 6.62. The average molecular weight is 154 g/mol. The molecule has 1 heterocycles. The normalized spacial score (nSPS) is 30.8. The van der Waals surface area contributed by atoms with Gasteiger partial charge in [0.25, 0.3) is 0 Å². The second-order valence-electron chi connectivity index (χ2n) is 2.82. The van der Waals surface area contributed by atoms with Crippen LogP contribution < -0.4 is 0 Å². The van der Waals surface area contributed by atoms with E-state index in [4.69, 9.17) is 9.84 Å². The van der Waals surface area contributed by atoms with Crippen molar-refractivity contribution < 1.29 is 9.84 Å². The van der Waals surface area contributed by atoms with Gasteiger partial charge in [-0.25, -0.2) is 0 Å². The quantitative estimate of drug-likeness (QED) is 0.620. The molecule has 2 atom stereocenters. The van der Waals surface area contributed by atoms with Gasteiger partial charge < -0.3 is 9.84 Å². The van der Waals surface area contributed by atoms with E-state index in [2.05, 4.69) is 13.2 Å². The van der Waals surface area contributed by atoms with Crippen LogP contribution in [0.1, 0.15) is 12.8 Å². The fourth-order valence-corrected chi connectivity index (χ4v) is 1.28. The molecular formula is C9H14O2. The highest BCUT2D eigenvalue weighted by molar-refractivity contribution is 5.10. The lowest BCUT2D eigenvalue weighted by atomic mass is 10.1. The van der Waals surface area contributed by atoms with Crippen LogP contribution >= 0.6 is 0 Å². The van der Waals surface area contributed by atoms with Gasteiger partial charge in [0.15, 0.2) is 0 Å². The Labute approximate surface area is 67.2 Å². The summed E-state index contributed by atoms with van der Waals surface area (Å²) in [7, 11) is 0. The Kier molecular flexibility index (Phi) is 2.85. The molecule has 0 amide bonds. The summed E-state index contributed by atoms with van der Waals surface area (Å²) >= 11 is 0. The molecule has 1 aliphatic rings. The molecule has 62 valence electrons. The Bertz CT molecular complexity index is 163. The first-order valence-corrected chi connectivity index (χ1v) is 3.82. The van der Waals surface area contributed by atoms with Crippen LogP contribution in [0.3, 0.4) is 0 Å². The smallest absolute Gasteiger partial charge is 0.0851 e. The van der Waals surface area contributed by atoms with Gasteiger partial charge in [0.1, 0.15) is 0 Å². The number of ether oxygens (including phenoxy) is 1. The molecule has 0 aromatic rings. The summed E-state index contributed by atoms with van der Waals surface area (Å²) in [5.41, 5.74) is 1.07. The number of hydrogen-bond acceptors (Lipinski definition) is 2. The Balaban J connectivity index is 2.44. The van der Waals surface area contributed by atoms with E-state index in [9.17, 15) is 0 Å². The van der Waals surface area contributed by atoms with Gasteiger partial charge in [-0.05, 0) is 18.4 Å². The van der Waals surface area contributed by atoms with Crippen molar-refractivity contribution >= 4 is 0 Å². The molecule has 1 fully saturated rings. The Hall–Kier alpha value is -0.600. The Morgan fingerprint density at radius 1 is 1.73 bits per heavy atom. The summed E-state index contributed by atoms with van der Waals surface area (Å²) in [6, 6.07) is 0. The van der Waals surface area contributed by atoms with Crippen molar-refractivity contribution in [2.45, 2.75) is 25.0 Å². The highest BCUT2D eigenvalue weighted by Gasteiger charge is 2.26. The first kappa shape index (κ1) is 8.50. The fraction of sp³-hybridized carbons (Fsp3) is 0.556. The lowest BCUT2D eigenvalue weighted by Gasteiger charge is -2.08. The number of hydrogen-bond donors (Lipinski definition) is 1. The van der Waals surface area contributed by atoms with E-state index in [1.807, 2.05) is 6.08 Å². The maximum Gasteiger partial charge on any atom is 0.0851 e. The SMILES string of the molecule is C=CC[C@@H]1O[C@@H](CO)CC1=C. The molecule has 11 heavy (non-hydrogen) atoms. The minimum absolute atomic E-state index is 0.0348. The minimum atomic E-state index is -0.0348. The molecule has 2 nitrogen and oxygen atoms in total. The van der Waals surface area contributed by atoms with E-state index in [1.165, 1.54) is 0 Å². The van der Waals surface area contributed by atoms with Gasteiger partial charge in [-0.15, -0.1) is 6.58 Å². The Morgan fingerprint density at radius 3 is 2.91 bits per heavy atom. The van der Waals surface area contributed by atoms with Gasteiger partial charge in [-0.2, -0.15) is 0 Å².